The van der Waals surface area contributed by atoms with Gasteiger partial charge in [-0.05, 0) is 38.0 Å². The third kappa shape index (κ3) is 6.51. The molecule has 0 spiro atoms. The lowest BCUT2D eigenvalue weighted by Crippen LogP contribution is -2.14. The summed E-state index contributed by atoms with van der Waals surface area (Å²) in [4.78, 5) is 0. The van der Waals surface area contributed by atoms with Crippen molar-refractivity contribution in [2.75, 3.05) is 11.9 Å². The van der Waals surface area contributed by atoms with E-state index >= 15 is 0 Å². The van der Waals surface area contributed by atoms with Crippen LogP contribution in [0.4, 0.5) is 5.69 Å². The van der Waals surface area contributed by atoms with E-state index in [0.29, 0.717) is 17.7 Å². The molecule has 0 aliphatic carbocycles. The summed E-state index contributed by atoms with van der Waals surface area (Å²) in [6, 6.07) is 6.42. The summed E-state index contributed by atoms with van der Waals surface area (Å²) < 4.78 is 5.58. The number of nitrogens with one attached hydrogen (secondary N) is 1. The summed E-state index contributed by atoms with van der Waals surface area (Å²) in [5.74, 6) is 0.773. The van der Waals surface area contributed by atoms with Gasteiger partial charge in [-0.25, -0.2) is 0 Å². The van der Waals surface area contributed by atoms with Crippen molar-refractivity contribution in [1.29, 1.82) is 0 Å². The van der Waals surface area contributed by atoms with Crippen molar-refractivity contribution in [2.45, 2.75) is 65.3 Å². The van der Waals surface area contributed by atoms with Gasteiger partial charge >= 0.3 is 0 Å². The van der Waals surface area contributed by atoms with Crippen molar-refractivity contribution < 1.29 is 4.74 Å². The number of unbranched alkanes of at least 4 members (excludes halogenated alkanes) is 3. The molecule has 20 heavy (non-hydrogen) atoms. The zero-order chi connectivity index (χ0) is 14.8. The van der Waals surface area contributed by atoms with Gasteiger partial charge in [0.1, 0.15) is 5.75 Å². The fourth-order valence-electron chi connectivity index (χ4n) is 2.15. The molecule has 0 radical (unpaired) electrons. The fourth-order valence-corrected chi connectivity index (χ4v) is 2.39. The minimum atomic E-state index is 0.477. The molecule has 0 aromatic heterocycles. The Morgan fingerprint density at radius 1 is 1.15 bits per heavy atom. The number of ether oxygens (including phenoxy) is 1. The number of hydrogen-bond donors (Lipinski definition) is 1. The highest BCUT2D eigenvalue weighted by Crippen LogP contribution is 2.28. The van der Waals surface area contributed by atoms with Gasteiger partial charge in [0.2, 0.25) is 0 Å². The fraction of sp³-hybridized carbons (Fsp3) is 0.647. The van der Waals surface area contributed by atoms with Gasteiger partial charge in [-0.2, -0.15) is 0 Å². The molecule has 1 rings (SSSR count). The summed E-state index contributed by atoms with van der Waals surface area (Å²) in [7, 11) is 0. The lowest BCUT2D eigenvalue weighted by molar-refractivity contribution is 0.317. The molecule has 1 atom stereocenters. The van der Waals surface area contributed by atoms with Crippen LogP contribution in [0.3, 0.4) is 0 Å². The standard InChI is InChI=1S/C17H28ClNO/c1-4-6-7-8-9-14(3)19-15-10-11-17(16(18)13-15)20-12-5-2/h10-11,13-14,19H,4-9,12H2,1-3H3. The maximum atomic E-state index is 6.23. The highest BCUT2D eigenvalue weighted by atomic mass is 35.5. The molecule has 1 aromatic carbocycles. The van der Waals surface area contributed by atoms with Crippen LogP contribution >= 0.6 is 11.6 Å². The number of benzene rings is 1. The molecular weight excluding hydrogens is 270 g/mol. The Hall–Kier alpha value is -0.890. The van der Waals surface area contributed by atoms with Crippen LogP contribution in [-0.4, -0.2) is 12.6 Å². The quantitative estimate of drug-likeness (QED) is 0.543. The van der Waals surface area contributed by atoms with Crippen LogP contribution in [0, 0.1) is 0 Å². The van der Waals surface area contributed by atoms with Gasteiger partial charge in [-0.1, -0.05) is 51.1 Å². The van der Waals surface area contributed by atoms with Gasteiger partial charge in [0.05, 0.1) is 11.6 Å². The number of halogens is 1. The van der Waals surface area contributed by atoms with E-state index in [1.54, 1.807) is 0 Å². The molecule has 2 nitrogen and oxygen atoms in total. The first-order valence-corrected chi connectivity index (χ1v) is 8.24. The maximum Gasteiger partial charge on any atom is 0.138 e. The van der Waals surface area contributed by atoms with Crippen LogP contribution in [0.15, 0.2) is 18.2 Å². The summed E-state index contributed by atoms with van der Waals surface area (Å²) in [6.07, 6.45) is 7.43. The van der Waals surface area contributed by atoms with E-state index in [1.165, 1.54) is 32.1 Å². The normalized spacial score (nSPS) is 12.2. The first-order valence-electron chi connectivity index (χ1n) is 7.86. The van der Waals surface area contributed by atoms with Gasteiger partial charge in [-0.3, -0.25) is 0 Å². The van der Waals surface area contributed by atoms with E-state index in [2.05, 4.69) is 26.1 Å². The third-order valence-corrected chi connectivity index (χ3v) is 3.59. The van der Waals surface area contributed by atoms with Crippen LogP contribution in [0.5, 0.6) is 5.75 Å². The Morgan fingerprint density at radius 2 is 1.95 bits per heavy atom. The lowest BCUT2D eigenvalue weighted by atomic mass is 10.1. The number of rotatable bonds is 10. The molecule has 0 bridgehead atoms. The molecule has 0 amide bonds. The number of anilines is 1. The highest BCUT2D eigenvalue weighted by molar-refractivity contribution is 6.32. The number of hydrogen-bond acceptors (Lipinski definition) is 2. The van der Waals surface area contributed by atoms with Crippen molar-refractivity contribution in [1.82, 2.24) is 0 Å². The smallest absolute Gasteiger partial charge is 0.138 e. The molecule has 0 heterocycles. The van der Waals surface area contributed by atoms with E-state index in [-0.39, 0.29) is 0 Å². The molecule has 0 fully saturated rings. The van der Waals surface area contributed by atoms with Crippen LogP contribution in [0.1, 0.15) is 59.3 Å². The van der Waals surface area contributed by atoms with Gasteiger partial charge < -0.3 is 10.1 Å². The van der Waals surface area contributed by atoms with Crippen molar-refractivity contribution in [3.8, 4) is 5.75 Å². The zero-order valence-electron chi connectivity index (χ0n) is 13.0. The van der Waals surface area contributed by atoms with Gasteiger partial charge in [0, 0.05) is 11.7 Å². The Labute approximate surface area is 128 Å². The monoisotopic (exact) mass is 297 g/mol. The molecule has 1 aromatic rings. The average Bonchev–Trinajstić information content (AvgIpc) is 2.43. The van der Waals surface area contributed by atoms with Crippen molar-refractivity contribution in [3.05, 3.63) is 23.2 Å². The average molecular weight is 298 g/mol. The molecule has 0 aliphatic rings. The third-order valence-electron chi connectivity index (χ3n) is 3.30. The van der Waals surface area contributed by atoms with Crippen LogP contribution < -0.4 is 10.1 Å². The first kappa shape index (κ1) is 17.2. The van der Waals surface area contributed by atoms with Crippen molar-refractivity contribution >= 4 is 17.3 Å². The maximum absolute atomic E-state index is 6.23. The molecule has 3 heteroatoms. The highest BCUT2D eigenvalue weighted by Gasteiger charge is 2.06. The summed E-state index contributed by atoms with van der Waals surface area (Å²) in [6.45, 7) is 7.26. The van der Waals surface area contributed by atoms with E-state index in [9.17, 15) is 0 Å². The second-order valence-corrected chi connectivity index (χ2v) is 5.80. The molecule has 0 saturated carbocycles. The van der Waals surface area contributed by atoms with E-state index in [4.69, 9.17) is 16.3 Å². The second kappa shape index (κ2) is 9.93. The molecule has 1 N–H and O–H groups in total. The Morgan fingerprint density at radius 3 is 2.60 bits per heavy atom. The van der Waals surface area contributed by atoms with Gasteiger partial charge in [0.25, 0.3) is 0 Å². The van der Waals surface area contributed by atoms with Crippen molar-refractivity contribution in [2.24, 2.45) is 0 Å². The predicted octanol–water partition coefficient (Wildman–Crippen LogP) is 5.90. The van der Waals surface area contributed by atoms with Gasteiger partial charge in [0.15, 0.2) is 0 Å². The van der Waals surface area contributed by atoms with Crippen molar-refractivity contribution in [3.63, 3.8) is 0 Å². The summed E-state index contributed by atoms with van der Waals surface area (Å²) in [5.41, 5.74) is 1.07. The van der Waals surface area contributed by atoms with Crippen LogP contribution in [0.2, 0.25) is 5.02 Å². The predicted molar refractivity (Wildman–Crippen MR) is 89.1 cm³/mol. The lowest BCUT2D eigenvalue weighted by Gasteiger charge is -2.16. The Bertz CT molecular complexity index is 381. The topological polar surface area (TPSA) is 21.3 Å². The van der Waals surface area contributed by atoms with E-state index < -0.39 is 0 Å². The minimum absolute atomic E-state index is 0.477. The zero-order valence-corrected chi connectivity index (χ0v) is 13.8. The first-order chi connectivity index (χ1) is 9.67. The summed E-state index contributed by atoms with van der Waals surface area (Å²) >= 11 is 6.23. The molecule has 0 saturated heterocycles. The van der Waals surface area contributed by atoms with E-state index in [0.717, 1.165) is 17.9 Å². The summed E-state index contributed by atoms with van der Waals surface area (Å²) in [5, 5.41) is 4.18. The second-order valence-electron chi connectivity index (χ2n) is 5.39. The van der Waals surface area contributed by atoms with E-state index in [1.807, 2.05) is 18.2 Å². The largest absolute Gasteiger partial charge is 0.492 e. The van der Waals surface area contributed by atoms with Crippen LogP contribution in [0.25, 0.3) is 0 Å². The van der Waals surface area contributed by atoms with Gasteiger partial charge in [-0.15, -0.1) is 0 Å². The molecular formula is C17H28ClNO. The van der Waals surface area contributed by atoms with Crippen LogP contribution in [-0.2, 0) is 0 Å². The Kier molecular flexibility index (Phi) is 8.52. The molecule has 114 valence electrons. The molecule has 0 aliphatic heterocycles. The molecule has 1 unspecified atom stereocenters. The minimum Gasteiger partial charge on any atom is -0.492 e. The Balaban J connectivity index is 2.41. The SMILES string of the molecule is CCCCCCC(C)Nc1ccc(OCCC)c(Cl)c1.